The Morgan fingerprint density at radius 2 is 1.88 bits per heavy atom. The van der Waals surface area contributed by atoms with E-state index in [4.69, 9.17) is 5.73 Å². The van der Waals surface area contributed by atoms with Gasteiger partial charge in [0.1, 0.15) is 0 Å². The Morgan fingerprint density at radius 3 is 2.47 bits per heavy atom. The number of rotatable bonds is 7. The fourth-order valence-corrected chi connectivity index (χ4v) is 2.93. The summed E-state index contributed by atoms with van der Waals surface area (Å²) < 4.78 is 0. The smallest absolute Gasteiger partial charge is 0.222 e. The van der Waals surface area contributed by atoms with Crippen molar-refractivity contribution >= 4 is 5.91 Å². The van der Waals surface area contributed by atoms with Gasteiger partial charge in [0.15, 0.2) is 0 Å². The molecule has 0 aromatic heterocycles. The minimum Gasteiger partial charge on any atom is -0.340 e. The van der Waals surface area contributed by atoms with Crippen LogP contribution in [0.25, 0.3) is 0 Å². The van der Waals surface area contributed by atoms with E-state index in [1.807, 2.05) is 0 Å². The predicted octanol–water partition coefficient (Wildman–Crippen LogP) is 2.30. The lowest BCUT2D eigenvalue weighted by atomic mass is 10.0. The molecule has 0 aliphatic heterocycles. The van der Waals surface area contributed by atoms with Gasteiger partial charge in [0.2, 0.25) is 5.91 Å². The first-order chi connectivity index (χ1) is 8.31. The highest BCUT2D eigenvalue weighted by atomic mass is 16.2. The molecule has 0 atom stereocenters. The van der Waals surface area contributed by atoms with Crippen LogP contribution in [0.3, 0.4) is 0 Å². The third-order valence-corrected chi connectivity index (χ3v) is 4.15. The lowest BCUT2D eigenvalue weighted by Crippen LogP contribution is -2.35. The van der Waals surface area contributed by atoms with E-state index >= 15 is 0 Å². The number of nitrogens with zero attached hydrogens (tertiary/aromatic N) is 1. The fourth-order valence-electron chi connectivity index (χ4n) is 2.93. The highest BCUT2D eigenvalue weighted by Crippen LogP contribution is 2.31. The van der Waals surface area contributed by atoms with Crippen molar-refractivity contribution in [2.75, 3.05) is 13.1 Å². The molecule has 0 bridgehead atoms. The van der Waals surface area contributed by atoms with E-state index in [1.165, 1.54) is 38.5 Å². The Balaban J connectivity index is 1.71. The van der Waals surface area contributed by atoms with Crippen molar-refractivity contribution < 1.29 is 4.79 Å². The molecule has 0 aromatic carbocycles. The van der Waals surface area contributed by atoms with E-state index in [1.54, 1.807) is 0 Å². The summed E-state index contributed by atoms with van der Waals surface area (Å²) in [6.45, 7) is 1.57. The first-order valence-electron chi connectivity index (χ1n) is 7.31. The van der Waals surface area contributed by atoms with Crippen LogP contribution in [0.15, 0.2) is 0 Å². The van der Waals surface area contributed by atoms with Crippen molar-refractivity contribution in [1.82, 2.24) is 4.90 Å². The van der Waals surface area contributed by atoms with Crippen LogP contribution >= 0.6 is 0 Å². The summed E-state index contributed by atoms with van der Waals surface area (Å²) in [4.78, 5) is 14.3. The van der Waals surface area contributed by atoms with Gasteiger partial charge in [-0.15, -0.1) is 0 Å². The number of hydrogen-bond donors (Lipinski definition) is 1. The molecule has 1 amide bonds. The van der Waals surface area contributed by atoms with Crippen molar-refractivity contribution in [3.8, 4) is 0 Å². The Morgan fingerprint density at radius 1 is 1.18 bits per heavy atom. The molecule has 2 aliphatic carbocycles. The average Bonchev–Trinajstić information content (AvgIpc) is 3.03. The molecule has 0 aromatic rings. The van der Waals surface area contributed by atoms with Gasteiger partial charge in [-0.25, -0.2) is 0 Å². The van der Waals surface area contributed by atoms with Crippen LogP contribution < -0.4 is 5.73 Å². The van der Waals surface area contributed by atoms with E-state index in [-0.39, 0.29) is 0 Å². The van der Waals surface area contributed by atoms with Crippen LogP contribution in [0.2, 0.25) is 0 Å². The summed E-state index contributed by atoms with van der Waals surface area (Å²) in [7, 11) is 0. The van der Waals surface area contributed by atoms with E-state index in [0.717, 1.165) is 31.7 Å². The SMILES string of the molecule is NCCCN(C(=O)CCC1CCCC1)C1CC1. The summed E-state index contributed by atoms with van der Waals surface area (Å²) in [5.74, 6) is 1.21. The first kappa shape index (κ1) is 12.9. The van der Waals surface area contributed by atoms with Crippen molar-refractivity contribution in [3.05, 3.63) is 0 Å². The predicted molar refractivity (Wildman–Crippen MR) is 69.6 cm³/mol. The summed E-state index contributed by atoms with van der Waals surface area (Å²) in [6, 6.07) is 0.553. The molecule has 17 heavy (non-hydrogen) atoms. The lowest BCUT2D eigenvalue weighted by Gasteiger charge is -2.23. The maximum atomic E-state index is 12.2. The second kappa shape index (κ2) is 6.39. The van der Waals surface area contributed by atoms with E-state index in [0.29, 0.717) is 18.5 Å². The van der Waals surface area contributed by atoms with Gasteiger partial charge in [0.25, 0.3) is 0 Å². The van der Waals surface area contributed by atoms with Gasteiger partial charge in [0.05, 0.1) is 0 Å². The monoisotopic (exact) mass is 238 g/mol. The molecule has 2 saturated carbocycles. The van der Waals surface area contributed by atoms with Crippen molar-refractivity contribution in [2.24, 2.45) is 11.7 Å². The van der Waals surface area contributed by atoms with Gasteiger partial charge in [-0.1, -0.05) is 25.7 Å². The molecule has 0 saturated heterocycles. The zero-order valence-electron chi connectivity index (χ0n) is 10.9. The minimum atomic E-state index is 0.382. The van der Waals surface area contributed by atoms with Crippen molar-refractivity contribution in [1.29, 1.82) is 0 Å². The number of carbonyl (C=O) groups is 1. The Bertz CT molecular complexity index is 245. The first-order valence-corrected chi connectivity index (χ1v) is 7.31. The Hall–Kier alpha value is -0.570. The molecular weight excluding hydrogens is 212 g/mol. The summed E-state index contributed by atoms with van der Waals surface area (Å²) >= 11 is 0. The van der Waals surface area contributed by atoms with E-state index in [2.05, 4.69) is 4.90 Å². The second-order valence-corrected chi connectivity index (χ2v) is 5.65. The lowest BCUT2D eigenvalue weighted by molar-refractivity contribution is -0.132. The van der Waals surface area contributed by atoms with Crippen molar-refractivity contribution in [3.63, 3.8) is 0 Å². The van der Waals surface area contributed by atoms with Crippen LogP contribution in [0.5, 0.6) is 0 Å². The minimum absolute atomic E-state index is 0.382. The number of nitrogens with two attached hydrogens (primary N) is 1. The van der Waals surface area contributed by atoms with Crippen molar-refractivity contribution in [2.45, 2.75) is 63.8 Å². The third-order valence-electron chi connectivity index (χ3n) is 4.15. The summed E-state index contributed by atoms with van der Waals surface area (Å²) in [6.07, 6.45) is 10.7. The molecule has 98 valence electrons. The Kier molecular flexibility index (Phi) is 4.84. The zero-order valence-corrected chi connectivity index (χ0v) is 10.9. The molecule has 0 unspecified atom stereocenters. The second-order valence-electron chi connectivity index (χ2n) is 5.65. The zero-order chi connectivity index (χ0) is 12.1. The number of amides is 1. The fraction of sp³-hybridized carbons (Fsp3) is 0.929. The van der Waals surface area contributed by atoms with Crippen LogP contribution in [0.1, 0.15) is 57.8 Å². The van der Waals surface area contributed by atoms with Crippen LogP contribution in [-0.2, 0) is 4.79 Å². The summed E-state index contributed by atoms with van der Waals surface area (Å²) in [5.41, 5.74) is 5.53. The molecule has 2 fully saturated rings. The maximum Gasteiger partial charge on any atom is 0.222 e. The Labute approximate surface area is 105 Å². The molecule has 0 spiro atoms. The quantitative estimate of drug-likeness (QED) is 0.739. The van der Waals surface area contributed by atoms with Crippen LogP contribution in [-0.4, -0.2) is 29.9 Å². The van der Waals surface area contributed by atoms with Gasteiger partial charge < -0.3 is 10.6 Å². The van der Waals surface area contributed by atoms with E-state index in [9.17, 15) is 4.79 Å². The van der Waals surface area contributed by atoms with Gasteiger partial charge in [-0.2, -0.15) is 0 Å². The van der Waals surface area contributed by atoms with Gasteiger partial charge in [-0.3, -0.25) is 4.79 Å². The molecular formula is C14H26N2O. The number of carbonyl (C=O) groups excluding carboxylic acids is 1. The van der Waals surface area contributed by atoms with Crippen LogP contribution in [0, 0.1) is 5.92 Å². The van der Waals surface area contributed by atoms with E-state index < -0.39 is 0 Å². The van der Waals surface area contributed by atoms with Crippen LogP contribution in [0.4, 0.5) is 0 Å². The molecule has 0 heterocycles. The number of hydrogen-bond acceptors (Lipinski definition) is 2. The standard InChI is InChI=1S/C14H26N2O/c15-10-3-11-16(13-7-8-13)14(17)9-6-12-4-1-2-5-12/h12-13H,1-11,15H2. The molecule has 2 rings (SSSR count). The maximum absolute atomic E-state index is 12.2. The highest BCUT2D eigenvalue weighted by Gasteiger charge is 2.32. The summed E-state index contributed by atoms with van der Waals surface area (Å²) in [5, 5.41) is 0. The topological polar surface area (TPSA) is 46.3 Å². The molecule has 0 radical (unpaired) electrons. The molecule has 2 N–H and O–H groups in total. The normalized spacial score (nSPS) is 20.8. The average molecular weight is 238 g/mol. The van der Waals surface area contributed by atoms with Gasteiger partial charge in [0, 0.05) is 19.0 Å². The molecule has 3 nitrogen and oxygen atoms in total. The third kappa shape index (κ3) is 3.98. The van der Waals surface area contributed by atoms with Gasteiger partial charge >= 0.3 is 0 Å². The van der Waals surface area contributed by atoms with Gasteiger partial charge in [-0.05, 0) is 38.1 Å². The largest absolute Gasteiger partial charge is 0.340 e. The molecule has 3 heteroatoms. The highest BCUT2D eigenvalue weighted by molar-refractivity contribution is 5.76. The molecule has 2 aliphatic rings.